The van der Waals surface area contributed by atoms with Crippen molar-refractivity contribution in [3.05, 3.63) is 76.5 Å². The number of rotatable bonds is 7. The third kappa shape index (κ3) is 6.92. The van der Waals surface area contributed by atoms with E-state index in [9.17, 15) is 14.4 Å². The molecule has 152 valence electrons. The van der Waals surface area contributed by atoms with Gasteiger partial charge in [0.05, 0.1) is 0 Å². The van der Waals surface area contributed by atoms with Gasteiger partial charge in [-0.3, -0.25) is 9.59 Å². The number of hydrogen-bond donors (Lipinski definition) is 1. The Morgan fingerprint density at radius 2 is 1.76 bits per heavy atom. The van der Waals surface area contributed by atoms with Gasteiger partial charge >= 0.3 is 5.97 Å². The summed E-state index contributed by atoms with van der Waals surface area (Å²) in [6, 6.07) is 15.1. The number of carbonyl (C=O) groups is 3. The molecule has 0 saturated heterocycles. The fraction of sp³-hybridized carbons (Fsp3) is 0.261. The number of amides is 2. The van der Waals surface area contributed by atoms with Gasteiger partial charge in [0, 0.05) is 20.5 Å². The van der Waals surface area contributed by atoms with E-state index in [4.69, 9.17) is 4.74 Å². The highest BCUT2D eigenvalue weighted by molar-refractivity contribution is 5.98. The van der Waals surface area contributed by atoms with Crippen LogP contribution in [0, 0.1) is 13.8 Å². The highest BCUT2D eigenvalue weighted by atomic mass is 16.5. The lowest BCUT2D eigenvalue weighted by Crippen LogP contribution is -2.33. The van der Waals surface area contributed by atoms with Gasteiger partial charge in [0.1, 0.15) is 5.70 Å². The highest BCUT2D eigenvalue weighted by Gasteiger charge is 2.17. The summed E-state index contributed by atoms with van der Waals surface area (Å²) < 4.78 is 5.13. The first kappa shape index (κ1) is 21.9. The zero-order valence-electron chi connectivity index (χ0n) is 17.2. The Kier molecular flexibility index (Phi) is 7.71. The Morgan fingerprint density at radius 1 is 1.07 bits per heavy atom. The summed E-state index contributed by atoms with van der Waals surface area (Å²) >= 11 is 0. The van der Waals surface area contributed by atoms with Crippen molar-refractivity contribution in [3.8, 4) is 0 Å². The second kappa shape index (κ2) is 10.2. The van der Waals surface area contributed by atoms with Crippen LogP contribution >= 0.6 is 0 Å². The summed E-state index contributed by atoms with van der Waals surface area (Å²) in [5, 5.41) is 2.46. The molecule has 2 aromatic carbocycles. The molecule has 2 amide bonds. The van der Waals surface area contributed by atoms with Crippen LogP contribution in [0.1, 0.15) is 29.2 Å². The van der Waals surface area contributed by atoms with Crippen LogP contribution in [-0.4, -0.2) is 36.3 Å². The smallest absolute Gasteiger partial charge is 0.355 e. The molecule has 29 heavy (non-hydrogen) atoms. The maximum Gasteiger partial charge on any atom is 0.355 e. The minimum atomic E-state index is -0.766. The maximum absolute atomic E-state index is 12.4. The van der Waals surface area contributed by atoms with E-state index in [-0.39, 0.29) is 11.6 Å². The summed E-state index contributed by atoms with van der Waals surface area (Å²) in [4.78, 5) is 37.7. The molecule has 0 saturated carbocycles. The highest BCUT2D eigenvalue weighted by Crippen LogP contribution is 2.13. The lowest BCUT2D eigenvalue weighted by molar-refractivity contribution is -0.149. The molecule has 0 aliphatic carbocycles. The molecule has 0 radical (unpaired) electrons. The summed E-state index contributed by atoms with van der Waals surface area (Å²) in [6.45, 7) is 5.32. The molecule has 6 heteroatoms. The first-order valence-electron chi connectivity index (χ1n) is 9.28. The second-order valence-corrected chi connectivity index (χ2v) is 6.91. The van der Waals surface area contributed by atoms with Crippen molar-refractivity contribution in [1.82, 2.24) is 10.2 Å². The largest absolute Gasteiger partial charge is 0.451 e. The SMILES string of the molecule is CC(=O)N/C(=C\c1ccccc1)C(=O)OCC(=O)N(C)Cc1ccc(C)cc1C. The molecule has 0 bridgehead atoms. The average molecular weight is 394 g/mol. The lowest BCUT2D eigenvalue weighted by Gasteiger charge is -2.19. The van der Waals surface area contributed by atoms with Gasteiger partial charge in [0.25, 0.3) is 5.91 Å². The van der Waals surface area contributed by atoms with Crippen molar-refractivity contribution < 1.29 is 19.1 Å². The minimum absolute atomic E-state index is 0.0199. The van der Waals surface area contributed by atoms with Gasteiger partial charge in [-0.1, -0.05) is 54.1 Å². The molecular formula is C23H26N2O4. The summed E-state index contributed by atoms with van der Waals surface area (Å²) in [6.07, 6.45) is 1.51. The molecule has 0 aliphatic rings. The zero-order chi connectivity index (χ0) is 21.4. The van der Waals surface area contributed by atoms with Crippen LogP contribution in [0.5, 0.6) is 0 Å². The quantitative estimate of drug-likeness (QED) is 0.579. The molecule has 0 aromatic heterocycles. The van der Waals surface area contributed by atoms with Gasteiger partial charge in [-0.05, 0) is 36.6 Å². The molecule has 0 unspecified atom stereocenters. The molecule has 2 rings (SSSR count). The first-order chi connectivity index (χ1) is 13.8. The molecule has 0 heterocycles. The topological polar surface area (TPSA) is 75.7 Å². The number of aryl methyl sites for hydroxylation is 2. The monoisotopic (exact) mass is 394 g/mol. The number of ether oxygens (including phenoxy) is 1. The van der Waals surface area contributed by atoms with E-state index in [0.29, 0.717) is 6.54 Å². The third-order valence-electron chi connectivity index (χ3n) is 4.30. The summed E-state index contributed by atoms with van der Waals surface area (Å²) in [5.74, 6) is -1.50. The molecule has 2 aromatic rings. The third-order valence-corrected chi connectivity index (χ3v) is 4.30. The molecule has 0 atom stereocenters. The van der Waals surface area contributed by atoms with E-state index in [1.165, 1.54) is 17.9 Å². The van der Waals surface area contributed by atoms with Crippen LogP contribution in [0.4, 0.5) is 0 Å². The maximum atomic E-state index is 12.4. The van der Waals surface area contributed by atoms with Crippen molar-refractivity contribution >= 4 is 23.9 Å². The number of nitrogens with one attached hydrogen (secondary N) is 1. The van der Waals surface area contributed by atoms with Crippen LogP contribution in [0.3, 0.4) is 0 Å². The number of hydrogen-bond acceptors (Lipinski definition) is 4. The van der Waals surface area contributed by atoms with Crippen LogP contribution in [0.25, 0.3) is 6.08 Å². The van der Waals surface area contributed by atoms with Crippen LogP contribution in [0.2, 0.25) is 0 Å². The van der Waals surface area contributed by atoms with E-state index in [2.05, 4.69) is 11.4 Å². The second-order valence-electron chi connectivity index (χ2n) is 6.91. The Morgan fingerprint density at radius 3 is 2.38 bits per heavy atom. The van der Waals surface area contributed by atoms with Gasteiger partial charge in [0.2, 0.25) is 5.91 Å². The standard InChI is InChI=1S/C23H26N2O4/c1-16-10-11-20(17(2)12-16)14-25(4)22(27)15-29-23(28)21(24-18(3)26)13-19-8-6-5-7-9-19/h5-13H,14-15H2,1-4H3,(H,24,26)/b21-13-. The Labute approximate surface area is 171 Å². The average Bonchev–Trinajstić information content (AvgIpc) is 2.67. The minimum Gasteiger partial charge on any atom is -0.451 e. The molecule has 0 spiro atoms. The van der Waals surface area contributed by atoms with E-state index in [1.807, 2.05) is 44.2 Å². The number of likely N-dealkylation sites (N-methyl/N-ethyl adjacent to an activating group) is 1. The van der Waals surface area contributed by atoms with E-state index in [1.54, 1.807) is 19.2 Å². The van der Waals surface area contributed by atoms with Crippen molar-refractivity contribution in [2.24, 2.45) is 0 Å². The Hall–Kier alpha value is -3.41. The van der Waals surface area contributed by atoms with Gasteiger partial charge in [-0.2, -0.15) is 0 Å². The molecule has 0 aliphatic heterocycles. The number of benzene rings is 2. The van der Waals surface area contributed by atoms with E-state index >= 15 is 0 Å². The van der Waals surface area contributed by atoms with Crippen LogP contribution in [-0.2, 0) is 25.7 Å². The van der Waals surface area contributed by atoms with Gasteiger partial charge in [-0.15, -0.1) is 0 Å². The summed E-state index contributed by atoms with van der Waals surface area (Å²) in [5.41, 5.74) is 3.99. The molecule has 0 fully saturated rings. The zero-order valence-corrected chi connectivity index (χ0v) is 17.2. The van der Waals surface area contributed by atoms with Crippen LogP contribution < -0.4 is 5.32 Å². The van der Waals surface area contributed by atoms with Gasteiger partial charge in [0.15, 0.2) is 6.61 Å². The predicted molar refractivity (Wildman–Crippen MR) is 112 cm³/mol. The van der Waals surface area contributed by atoms with Crippen molar-refractivity contribution in [2.45, 2.75) is 27.3 Å². The fourth-order valence-electron chi connectivity index (χ4n) is 2.73. The number of carbonyl (C=O) groups excluding carboxylic acids is 3. The fourth-order valence-corrected chi connectivity index (χ4v) is 2.73. The van der Waals surface area contributed by atoms with Gasteiger partial charge in [-0.25, -0.2) is 4.79 Å². The normalized spacial score (nSPS) is 11.0. The Bertz CT molecular complexity index is 920. The van der Waals surface area contributed by atoms with Crippen molar-refractivity contribution in [2.75, 3.05) is 13.7 Å². The van der Waals surface area contributed by atoms with E-state index in [0.717, 1.165) is 22.3 Å². The van der Waals surface area contributed by atoms with Crippen LogP contribution in [0.15, 0.2) is 54.2 Å². The first-order valence-corrected chi connectivity index (χ1v) is 9.28. The molecule has 6 nitrogen and oxygen atoms in total. The summed E-state index contributed by atoms with van der Waals surface area (Å²) in [7, 11) is 1.66. The Balaban J connectivity index is 1.99. The lowest BCUT2D eigenvalue weighted by atomic mass is 10.1. The van der Waals surface area contributed by atoms with Gasteiger partial charge < -0.3 is 15.0 Å². The van der Waals surface area contributed by atoms with Crippen molar-refractivity contribution in [3.63, 3.8) is 0 Å². The molecular weight excluding hydrogens is 368 g/mol. The predicted octanol–water partition coefficient (Wildman–Crippen LogP) is 2.98. The number of esters is 1. The van der Waals surface area contributed by atoms with Crippen molar-refractivity contribution in [1.29, 1.82) is 0 Å². The molecule has 1 N–H and O–H groups in total. The van der Waals surface area contributed by atoms with E-state index < -0.39 is 18.5 Å². The number of nitrogens with zero attached hydrogens (tertiary/aromatic N) is 1.